The minimum atomic E-state index is -0.230. The summed E-state index contributed by atoms with van der Waals surface area (Å²) in [5, 5.41) is 6.22. The second kappa shape index (κ2) is 10.4. The number of benzene rings is 1. The van der Waals surface area contributed by atoms with Crippen LogP contribution in [0, 0.1) is 5.82 Å². The zero-order chi connectivity index (χ0) is 15.0. The summed E-state index contributed by atoms with van der Waals surface area (Å²) in [6, 6.07) is 5.18. The van der Waals surface area contributed by atoms with E-state index >= 15 is 0 Å². The van der Waals surface area contributed by atoms with E-state index in [-0.39, 0.29) is 29.8 Å². The predicted molar refractivity (Wildman–Crippen MR) is 99.2 cm³/mol. The molecule has 0 fully saturated rings. The molecule has 2 N–H and O–H groups in total. The Labute approximate surface area is 143 Å². The first kappa shape index (κ1) is 19.7. The molecular weight excluding hydrogens is 382 g/mol. The molecule has 0 saturated heterocycles. The highest BCUT2D eigenvalue weighted by molar-refractivity contribution is 14.0. The van der Waals surface area contributed by atoms with Crippen molar-refractivity contribution in [3.63, 3.8) is 0 Å². The van der Waals surface area contributed by atoms with Crippen molar-refractivity contribution < 1.29 is 4.39 Å². The van der Waals surface area contributed by atoms with Gasteiger partial charge in [0.25, 0.3) is 0 Å². The van der Waals surface area contributed by atoms with Crippen LogP contribution in [0.5, 0.6) is 0 Å². The van der Waals surface area contributed by atoms with Crippen LogP contribution in [0.4, 0.5) is 10.1 Å². The highest BCUT2D eigenvalue weighted by atomic mass is 127. The molecule has 0 spiro atoms. The van der Waals surface area contributed by atoms with E-state index in [0.717, 1.165) is 12.1 Å². The number of halogens is 2. The van der Waals surface area contributed by atoms with E-state index in [4.69, 9.17) is 0 Å². The van der Waals surface area contributed by atoms with Crippen LogP contribution in [0.2, 0.25) is 0 Å². The van der Waals surface area contributed by atoms with Gasteiger partial charge in [0, 0.05) is 27.2 Å². The number of hydrogen-bond acceptors (Lipinski definition) is 2. The predicted octanol–water partition coefficient (Wildman–Crippen LogP) is 2.75. The van der Waals surface area contributed by atoms with Crippen molar-refractivity contribution >= 4 is 35.6 Å². The van der Waals surface area contributed by atoms with Crippen LogP contribution < -0.4 is 15.5 Å². The van der Waals surface area contributed by atoms with Crippen LogP contribution >= 0.6 is 24.0 Å². The minimum absolute atomic E-state index is 0. The van der Waals surface area contributed by atoms with Crippen LogP contribution in [-0.2, 0) is 6.54 Å². The smallest absolute Gasteiger partial charge is 0.191 e. The summed E-state index contributed by atoms with van der Waals surface area (Å²) >= 11 is 0. The minimum Gasteiger partial charge on any atom is -0.375 e. The number of nitrogens with one attached hydrogen (secondary N) is 2. The Balaban J connectivity index is 0.00000400. The average molecular weight is 406 g/mol. The Bertz CT molecular complexity index is 475. The molecule has 0 radical (unpaired) electrons. The molecule has 0 heterocycles. The van der Waals surface area contributed by atoms with Gasteiger partial charge in [0.15, 0.2) is 5.96 Å². The number of anilines is 1. The second-order valence-corrected chi connectivity index (χ2v) is 4.54. The Kier molecular flexibility index (Phi) is 9.77. The van der Waals surface area contributed by atoms with Gasteiger partial charge in [-0.1, -0.05) is 12.1 Å². The molecule has 6 heteroatoms. The summed E-state index contributed by atoms with van der Waals surface area (Å²) in [4.78, 5) is 6.15. The summed E-state index contributed by atoms with van der Waals surface area (Å²) in [7, 11) is 3.64. The summed E-state index contributed by atoms with van der Waals surface area (Å²) in [5.74, 6) is 0.469. The summed E-state index contributed by atoms with van der Waals surface area (Å²) in [5.41, 5.74) is 1.42. The fourth-order valence-electron chi connectivity index (χ4n) is 1.69. The fourth-order valence-corrected chi connectivity index (χ4v) is 1.69. The largest absolute Gasteiger partial charge is 0.375 e. The highest BCUT2D eigenvalue weighted by Crippen LogP contribution is 2.18. The molecule has 0 unspecified atom stereocenters. The van der Waals surface area contributed by atoms with E-state index in [9.17, 15) is 4.39 Å². The molecule has 0 aliphatic heterocycles. The third-order valence-electron chi connectivity index (χ3n) is 2.67. The third kappa shape index (κ3) is 6.79. The van der Waals surface area contributed by atoms with Gasteiger partial charge in [0.1, 0.15) is 5.82 Å². The van der Waals surface area contributed by atoms with Crippen molar-refractivity contribution in [1.82, 2.24) is 10.6 Å². The molecule has 0 amide bonds. The summed E-state index contributed by atoms with van der Waals surface area (Å²) in [6.07, 6.45) is 1.76. The van der Waals surface area contributed by atoms with Crippen LogP contribution in [0.25, 0.3) is 0 Å². The lowest BCUT2D eigenvalue weighted by Gasteiger charge is -2.14. The van der Waals surface area contributed by atoms with Gasteiger partial charge in [-0.15, -0.1) is 30.6 Å². The standard InChI is InChI=1S/C15H23FN4.HI/c1-5-9-18-15(17-6-2)19-11-12-7-8-14(20(3)4)13(16)10-12;/h5,7-8,10H,1,6,9,11H2,2-4H3,(H2,17,18,19);1H. The van der Waals surface area contributed by atoms with Crippen molar-refractivity contribution in [3.05, 3.63) is 42.2 Å². The van der Waals surface area contributed by atoms with Crippen molar-refractivity contribution in [2.75, 3.05) is 32.1 Å². The maximum Gasteiger partial charge on any atom is 0.191 e. The van der Waals surface area contributed by atoms with Gasteiger partial charge in [-0.3, -0.25) is 0 Å². The summed E-state index contributed by atoms with van der Waals surface area (Å²) < 4.78 is 13.8. The Morgan fingerprint density at radius 3 is 2.62 bits per heavy atom. The van der Waals surface area contributed by atoms with Gasteiger partial charge in [-0.05, 0) is 24.6 Å². The Morgan fingerprint density at radius 2 is 2.10 bits per heavy atom. The number of nitrogens with zero attached hydrogens (tertiary/aromatic N) is 2. The third-order valence-corrected chi connectivity index (χ3v) is 2.67. The molecule has 1 aromatic rings. The van der Waals surface area contributed by atoms with Gasteiger partial charge in [0.05, 0.1) is 12.2 Å². The monoisotopic (exact) mass is 406 g/mol. The van der Waals surface area contributed by atoms with Crippen LogP contribution in [0.3, 0.4) is 0 Å². The Hall–Kier alpha value is -1.31. The van der Waals surface area contributed by atoms with E-state index in [0.29, 0.717) is 24.7 Å². The molecule has 0 saturated carbocycles. The fraction of sp³-hybridized carbons (Fsp3) is 0.400. The van der Waals surface area contributed by atoms with E-state index < -0.39 is 0 Å². The molecule has 1 aromatic carbocycles. The van der Waals surface area contributed by atoms with Gasteiger partial charge in [-0.2, -0.15) is 0 Å². The molecule has 21 heavy (non-hydrogen) atoms. The van der Waals surface area contributed by atoms with Gasteiger partial charge < -0.3 is 15.5 Å². The molecule has 0 aliphatic carbocycles. The van der Waals surface area contributed by atoms with Gasteiger partial charge in [0.2, 0.25) is 0 Å². The summed E-state index contributed by atoms with van der Waals surface area (Å²) in [6.45, 7) is 7.49. The molecule has 4 nitrogen and oxygen atoms in total. The molecule has 1 rings (SSSR count). The molecule has 0 aromatic heterocycles. The maximum absolute atomic E-state index is 13.8. The normalized spacial score (nSPS) is 10.6. The van der Waals surface area contributed by atoms with Gasteiger partial charge in [-0.25, -0.2) is 9.38 Å². The first-order valence-electron chi connectivity index (χ1n) is 6.67. The topological polar surface area (TPSA) is 39.7 Å². The highest BCUT2D eigenvalue weighted by Gasteiger charge is 2.05. The SMILES string of the molecule is C=CCNC(=NCc1ccc(N(C)C)c(F)c1)NCC.I. The van der Waals surface area contributed by atoms with Crippen LogP contribution in [-0.4, -0.2) is 33.1 Å². The first-order chi connectivity index (χ1) is 9.58. The zero-order valence-corrected chi connectivity index (χ0v) is 15.1. The van der Waals surface area contributed by atoms with Crippen LogP contribution in [0.15, 0.2) is 35.8 Å². The lowest BCUT2D eigenvalue weighted by molar-refractivity contribution is 0.624. The molecule has 118 valence electrons. The van der Waals surface area contributed by atoms with Crippen molar-refractivity contribution in [3.8, 4) is 0 Å². The average Bonchev–Trinajstić information content (AvgIpc) is 2.41. The Morgan fingerprint density at radius 1 is 1.38 bits per heavy atom. The van der Waals surface area contributed by atoms with E-state index in [1.54, 1.807) is 17.0 Å². The van der Waals surface area contributed by atoms with E-state index in [1.807, 2.05) is 27.1 Å². The van der Waals surface area contributed by atoms with E-state index in [1.165, 1.54) is 6.07 Å². The first-order valence-corrected chi connectivity index (χ1v) is 6.67. The molecule has 0 atom stereocenters. The maximum atomic E-state index is 13.8. The number of aliphatic imine (C=N–C) groups is 1. The number of hydrogen-bond donors (Lipinski definition) is 2. The van der Waals surface area contributed by atoms with Crippen molar-refractivity contribution in [2.45, 2.75) is 13.5 Å². The lowest BCUT2D eigenvalue weighted by Crippen LogP contribution is -2.37. The van der Waals surface area contributed by atoms with E-state index in [2.05, 4.69) is 22.2 Å². The second-order valence-electron chi connectivity index (χ2n) is 4.54. The molecular formula is C15H24FIN4. The van der Waals surface area contributed by atoms with Crippen molar-refractivity contribution in [2.24, 2.45) is 4.99 Å². The quantitative estimate of drug-likeness (QED) is 0.330. The van der Waals surface area contributed by atoms with Crippen molar-refractivity contribution in [1.29, 1.82) is 0 Å². The lowest BCUT2D eigenvalue weighted by atomic mass is 10.2. The molecule has 0 aliphatic rings. The molecule has 0 bridgehead atoms. The number of rotatable bonds is 6. The van der Waals surface area contributed by atoms with Crippen LogP contribution in [0.1, 0.15) is 12.5 Å². The number of guanidine groups is 1. The zero-order valence-electron chi connectivity index (χ0n) is 12.8. The van der Waals surface area contributed by atoms with Gasteiger partial charge >= 0.3 is 0 Å².